The van der Waals surface area contributed by atoms with Gasteiger partial charge in [0.2, 0.25) is 11.9 Å². The summed E-state index contributed by atoms with van der Waals surface area (Å²) in [6.07, 6.45) is 1.70. The van der Waals surface area contributed by atoms with E-state index in [1.165, 1.54) is 4.90 Å². The highest BCUT2D eigenvalue weighted by Crippen LogP contribution is 2.27. The van der Waals surface area contributed by atoms with Crippen LogP contribution in [0.5, 0.6) is 0 Å². The van der Waals surface area contributed by atoms with Crippen molar-refractivity contribution in [3.63, 3.8) is 0 Å². The van der Waals surface area contributed by atoms with E-state index in [9.17, 15) is 9.59 Å². The monoisotopic (exact) mass is 373 g/mol. The largest absolute Gasteiger partial charge is 0.360 e. The molecule has 5 rings (SSSR count). The van der Waals surface area contributed by atoms with Crippen molar-refractivity contribution in [2.24, 2.45) is 0 Å². The predicted octanol–water partition coefficient (Wildman–Crippen LogP) is 2.64. The first-order chi connectivity index (χ1) is 13.6. The van der Waals surface area contributed by atoms with Crippen LogP contribution < -0.4 is 4.90 Å². The molecule has 1 N–H and O–H groups in total. The third-order valence-corrected chi connectivity index (χ3v) is 5.26. The molecule has 0 spiro atoms. The fraction of sp³-hybridized carbons (Fsp3) is 0.190. The van der Waals surface area contributed by atoms with Gasteiger partial charge in [-0.3, -0.25) is 14.5 Å². The maximum Gasteiger partial charge on any atom is 0.256 e. The van der Waals surface area contributed by atoms with Crippen molar-refractivity contribution >= 4 is 39.7 Å². The molecule has 0 radical (unpaired) electrons. The van der Waals surface area contributed by atoms with Gasteiger partial charge in [0, 0.05) is 37.2 Å². The second-order valence-electron chi connectivity index (χ2n) is 7.01. The number of benzene rings is 2. The molecular formula is C21H19N5O2. The second-order valence-corrected chi connectivity index (χ2v) is 7.01. The number of carbonyl (C=O) groups is 2. The van der Waals surface area contributed by atoms with Gasteiger partial charge in [-0.2, -0.15) is 0 Å². The van der Waals surface area contributed by atoms with Gasteiger partial charge in [0.15, 0.2) is 0 Å². The molecule has 2 amide bonds. The quantitative estimate of drug-likeness (QED) is 0.600. The highest BCUT2D eigenvalue weighted by molar-refractivity contribution is 6.08. The van der Waals surface area contributed by atoms with Gasteiger partial charge >= 0.3 is 0 Å². The van der Waals surface area contributed by atoms with Crippen LogP contribution in [0.4, 0.5) is 5.95 Å². The van der Waals surface area contributed by atoms with Crippen LogP contribution in [-0.2, 0) is 11.3 Å². The van der Waals surface area contributed by atoms with E-state index >= 15 is 0 Å². The molecule has 7 nitrogen and oxygen atoms in total. The van der Waals surface area contributed by atoms with Crippen molar-refractivity contribution in [1.29, 1.82) is 0 Å². The number of likely N-dealkylation sites (N-methyl/N-ethyl adjacent to an activating group) is 1. The minimum absolute atomic E-state index is 0.00153. The topological polar surface area (TPSA) is 74.2 Å². The lowest BCUT2D eigenvalue weighted by Gasteiger charge is -2.20. The van der Waals surface area contributed by atoms with E-state index in [1.807, 2.05) is 48.5 Å². The molecule has 2 aromatic carbocycles. The standard InChI is InChI=1S/C21H19N5O2/c1-24(20(28)15-12-22-16-7-3-2-6-14(15)16)13-19(27)26-11-10-25-18-9-5-4-8-17(18)23-21(25)26/h2-9,12,22H,10-11,13H2,1H3. The summed E-state index contributed by atoms with van der Waals surface area (Å²) in [6.45, 7) is 1.28. The van der Waals surface area contributed by atoms with Crippen molar-refractivity contribution in [3.05, 3.63) is 60.3 Å². The maximum absolute atomic E-state index is 12.9. The van der Waals surface area contributed by atoms with Gasteiger partial charge in [-0.25, -0.2) is 4.98 Å². The molecule has 4 aromatic rings. The summed E-state index contributed by atoms with van der Waals surface area (Å²) in [4.78, 5) is 36.6. The number of amides is 2. The number of nitrogens with one attached hydrogen (secondary N) is 1. The van der Waals surface area contributed by atoms with Gasteiger partial charge < -0.3 is 14.5 Å². The van der Waals surface area contributed by atoms with Crippen molar-refractivity contribution < 1.29 is 9.59 Å². The Morgan fingerprint density at radius 1 is 1.11 bits per heavy atom. The van der Waals surface area contributed by atoms with Gasteiger partial charge in [0.1, 0.15) is 6.54 Å². The molecule has 3 heterocycles. The summed E-state index contributed by atoms with van der Waals surface area (Å²) in [7, 11) is 1.65. The molecule has 140 valence electrons. The van der Waals surface area contributed by atoms with Crippen LogP contribution in [0.1, 0.15) is 10.4 Å². The first kappa shape index (κ1) is 16.6. The van der Waals surface area contributed by atoms with E-state index in [0.717, 1.165) is 21.9 Å². The lowest BCUT2D eigenvalue weighted by molar-refractivity contribution is -0.119. The van der Waals surface area contributed by atoms with Gasteiger partial charge in [-0.1, -0.05) is 30.3 Å². The van der Waals surface area contributed by atoms with E-state index in [2.05, 4.69) is 14.5 Å². The average molecular weight is 373 g/mol. The number of fused-ring (bicyclic) bond motifs is 4. The van der Waals surface area contributed by atoms with E-state index in [1.54, 1.807) is 18.1 Å². The zero-order valence-corrected chi connectivity index (χ0v) is 15.4. The maximum atomic E-state index is 12.9. The van der Waals surface area contributed by atoms with Crippen molar-refractivity contribution in [3.8, 4) is 0 Å². The van der Waals surface area contributed by atoms with Gasteiger partial charge in [-0.05, 0) is 18.2 Å². The van der Waals surface area contributed by atoms with Crippen LogP contribution in [0.25, 0.3) is 21.9 Å². The molecule has 7 heteroatoms. The average Bonchev–Trinajstić information content (AvgIpc) is 3.40. The SMILES string of the molecule is CN(CC(=O)N1CCn2c1nc1ccccc12)C(=O)c1c[nH]c2ccccc12. The molecular weight excluding hydrogens is 354 g/mol. The van der Waals surface area contributed by atoms with E-state index < -0.39 is 0 Å². The fourth-order valence-electron chi connectivity index (χ4n) is 3.84. The van der Waals surface area contributed by atoms with Crippen LogP contribution in [-0.4, -0.2) is 51.4 Å². The summed E-state index contributed by atoms with van der Waals surface area (Å²) in [5.41, 5.74) is 3.37. The number of anilines is 1. The van der Waals surface area contributed by atoms with Crippen LogP contribution >= 0.6 is 0 Å². The normalized spacial score (nSPS) is 13.2. The Balaban J connectivity index is 1.37. The first-order valence-corrected chi connectivity index (χ1v) is 9.20. The molecule has 0 fully saturated rings. The number of carbonyl (C=O) groups excluding carboxylic acids is 2. The zero-order chi connectivity index (χ0) is 19.3. The molecule has 28 heavy (non-hydrogen) atoms. The molecule has 1 aliphatic heterocycles. The van der Waals surface area contributed by atoms with Gasteiger partial charge in [-0.15, -0.1) is 0 Å². The summed E-state index contributed by atoms with van der Waals surface area (Å²) >= 11 is 0. The van der Waals surface area contributed by atoms with E-state index in [-0.39, 0.29) is 18.4 Å². The fourth-order valence-corrected chi connectivity index (χ4v) is 3.84. The van der Waals surface area contributed by atoms with Crippen molar-refractivity contribution in [2.45, 2.75) is 6.54 Å². The molecule has 0 aliphatic carbocycles. The number of hydrogen-bond donors (Lipinski definition) is 1. The summed E-state index contributed by atoms with van der Waals surface area (Å²) in [6, 6.07) is 15.5. The predicted molar refractivity (Wildman–Crippen MR) is 107 cm³/mol. The smallest absolute Gasteiger partial charge is 0.256 e. The van der Waals surface area contributed by atoms with Crippen LogP contribution in [0.15, 0.2) is 54.7 Å². The molecule has 0 saturated carbocycles. The third-order valence-electron chi connectivity index (χ3n) is 5.26. The Hall–Kier alpha value is -3.61. The van der Waals surface area contributed by atoms with Crippen LogP contribution in [0.2, 0.25) is 0 Å². The molecule has 2 aromatic heterocycles. The van der Waals surface area contributed by atoms with E-state index in [4.69, 9.17) is 0 Å². The Morgan fingerprint density at radius 3 is 2.79 bits per heavy atom. The zero-order valence-electron chi connectivity index (χ0n) is 15.4. The summed E-state index contributed by atoms with van der Waals surface area (Å²) < 4.78 is 2.05. The highest BCUT2D eigenvalue weighted by Gasteiger charge is 2.29. The third kappa shape index (κ3) is 2.47. The first-order valence-electron chi connectivity index (χ1n) is 9.20. The van der Waals surface area contributed by atoms with E-state index in [0.29, 0.717) is 24.6 Å². The number of aromatic amines is 1. The number of aromatic nitrogens is 3. The highest BCUT2D eigenvalue weighted by atomic mass is 16.2. The Labute approximate surface area is 161 Å². The number of para-hydroxylation sites is 3. The van der Waals surface area contributed by atoms with Crippen LogP contribution in [0.3, 0.4) is 0 Å². The number of nitrogens with zero attached hydrogens (tertiary/aromatic N) is 4. The second kappa shape index (κ2) is 6.23. The van der Waals surface area contributed by atoms with Crippen molar-refractivity contribution in [2.75, 3.05) is 25.0 Å². The minimum Gasteiger partial charge on any atom is -0.360 e. The molecule has 0 unspecified atom stereocenters. The summed E-state index contributed by atoms with van der Waals surface area (Å²) in [5, 5.41) is 0.856. The number of hydrogen-bond acceptors (Lipinski definition) is 3. The Bertz CT molecular complexity index is 1220. The molecule has 0 saturated heterocycles. The molecule has 0 bridgehead atoms. The Kier molecular flexibility index (Phi) is 3.68. The lowest BCUT2D eigenvalue weighted by atomic mass is 10.1. The lowest BCUT2D eigenvalue weighted by Crippen LogP contribution is -2.40. The summed E-state index contributed by atoms with van der Waals surface area (Å²) in [5.74, 6) is 0.336. The Morgan fingerprint density at radius 2 is 1.89 bits per heavy atom. The molecule has 0 atom stereocenters. The number of H-pyrrole nitrogens is 1. The number of rotatable bonds is 3. The van der Waals surface area contributed by atoms with Crippen LogP contribution in [0, 0.1) is 0 Å². The van der Waals surface area contributed by atoms with Crippen molar-refractivity contribution in [1.82, 2.24) is 19.4 Å². The van der Waals surface area contributed by atoms with Gasteiger partial charge in [0.25, 0.3) is 5.91 Å². The number of imidazole rings is 1. The van der Waals surface area contributed by atoms with Gasteiger partial charge in [0.05, 0.1) is 16.6 Å². The molecule has 1 aliphatic rings. The minimum atomic E-state index is -0.182.